The van der Waals surface area contributed by atoms with Gasteiger partial charge < -0.3 is 5.32 Å². The lowest BCUT2D eigenvalue weighted by atomic mass is 9.92. The number of hydrogen-bond donors (Lipinski definition) is 1. The minimum absolute atomic E-state index is 0.0895. The Balaban J connectivity index is 2.93. The predicted octanol–water partition coefficient (Wildman–Crippen LogP) is 3.02. The zero-order valence-corrected chi connectivity index (χ0v) is 11.1. The maximum absolute atomic E-state index is 11.7. The molecule has 0 unspecified atom stereocenters. The van der Waals surface area contributed by atoms with Crippen LogP contribution in [0.2, 0.25) is 5.15 Å². The van der Waals surface area contributed by atoms with Gasteiger partial charge in [-0.2, -0.15) is 0 Å². The van der Waals surface area contributed by atoms with Crippen molar-refractivity contribution in [2.75, 3.05) is 5.32 Å². The molecule has 0 radical (unpaired) electrons. The first kappa shape index (κ1) is 14.4. The maximum Gasteiger partial charge on any atom is 0.311 e. The Kier molecular flexibility index (Phi) is 4.24. The predicted molar refractivity (Wildman–Crippen MR) is 68.6 cm³/mol. The Labute approximate surface area is 110 Å². The summed E-state index contributed by atoms with van der Waals surface area (Å²) in [5.74, 6) is -0.456. The molecule has 0 atom stereocenters. The molecule has 0 spiro atoms. The zero-order valence-electron chi connectivity index (χ0n) is 10.4. The lowest BCUT2D eigenvalue weighted by Gasteiger charge is -2.16. The lowest BCUT2D eigenvalue weighted by Crippen LogP contribution is -2.20. The van der Waals surface area contributed by atoms with E-state index >= 15 is 0 Å². The van der Waals surface area contributed by atoms with Crippen LogP contribution in [0, 0.1) is 15.5 Å². The molecule has 6 nitrogen and oxygen atoms in total. The lowest BCUT2D eigenvalue weighted by molar-refractivity contribution is -0.384. The average Bonchev–Trinajstić information content (AvgIpc) is 2.13. The summed E-state index contributed by atoms with van der Waals surface area (Å²) in [5.41, 5.74) is -0.487. The Morgan fingerprint density at radius 3 is 2.61 bits per heavy atom. The van der Waals surface area contributed by atoms with Gasteiger partial charge in [0, 0.05) is 12.5 Å². The van der Waals surface area contributed by atoms with Crippen LogP contribution in [-0.2, 0) is 4.79 Å². The molecule has 18 heavy (non-hydrogen) atoms. The first-order chi connectivity index (χ1) is 8.19. The van der Waals surface area contributed by atoms with Gasteiger partial charge in [0.1, 0.15) is 5.15 Å². The number of carbonyl (C=O) groups excluding carboxylic acids is 1. The minimum Gasteiger partial charge on any atom is -0.305 e. The van der Waals surface area contributed by atoms with Crippen LogP contribution in [0.3, 0.4) is 0 Å². The molecule has 1 amide bonds. The SMILES string of the molecule is CC(C)(C)CC(=O)Nc1nc(Cl)ccc1[N+](=O)[O-]. The van der Waals surface area contributed by atoms with Crippen molar-refractivity contribution >= 4 is 29.0 Å². The fraction of sp³-hybridized carbons (Fsp3) is 0.455. The number of halogens is 1. The molecule has 1 aromatic rings. The highest BCUT2D eigenvalue weighted by Gasteiger charge is 2.21. The highest BCUT2D eigenvalue weighted by Crippen LogP contribution is 2.25. The molecule has 0 bridgehead atoms. The zero-order chi connectivity index (χ0) is 13.9. The van der Waals surface area contributed by atoms with E-state index in [0.29, 0.717) is 0 Å². The summed E-state index contributed by atoms with van der Waals surface area (Å²) in [5, 5.41) is 13.3. The van der Waals surface area contributed by atoms with Gasteiger partial charge in [-0.05, 0) is 11.5 Å². The molecule has 98 valence electrons. The first-order valence-corrected chi connectivity index (χ1v) is 5.67. The number of nitrogens with one attached hydrogen (secondary N) is 1. The molecule has 1 aromatic heterocycles. The first-order valence-electron chi connectivity index (χ1n) is 5.30. The van der Waals surface area contributed by atoms with E-state index in [-0.39, 0.29) is 34.4 Å². The molecule has 0 saturated heterocycles. The molecule has 0 aromatic carbocycles. The van der Waals surface area contributed by atoms with E-state index < -0.39 is 4.92 Å². The molecular formula is C11H14ClN3O3. The Hall–Kier alpha value is -1.69. The number of carbonyl (C=O) groups is 1. The van der Waals surface area contributed by atoms with Gasteiger partial charge in [-0.15, -0.1) is 0 Å². The van der Waals surface area contributed by atoms with Gasteiger partial charge in [0.05, 0.1) is 4.92 Å². The van der Waals surface area contributed by atoms with Crippen LogP contribution in [0.4, 0.5) is 11.5 Å². The van der Waals surface area contributed by atoms with Crippen molar-refractivity contribution in [1.29, 1.82) is 0 Å². The highest BCUT2D eigenvalue weighted by atomic mass is 35.5. The highest BCUT2D eigenvalue weighted by molar-refractivity contribution is 6.29. The van der Waals surface area contributed by atoms with Crippen LogP contribution in [0.15, 0.2) is 12.1 Å². The molecule has 1 rings (SSSR count). The number of nitro groups is 1. The molecule has 1 N–H and O–H groups in total. The average molecular weight is 272 g/mol. The van der Waals surface area contributed by atoms with Crippen molar-refractivity contribution in [2.45, 2.75) is 27.2 Å². The third-order valence-electron chi connectivity index (χ3n) is 1.99. The summed E-state index contributed by atoms with van der Waals surface area (Å²) < 4.78 is 0. The van der Waals surface area contributed by atoms with E-state index in [2.05, 4.69) is 10.3 Å². The molecule has 0 aliphatic rings. The monoisotopic (exact) mass is 271 g/mol. The Morgan fingerprint density at radius 2 is 2.11 bits per heavy atom. The second kappa shape index (κ2) is 5.30. The van der Waals surface area contributed by atoms with Crippen LogP contribution in [0.5, 0.6) is 0 Å². The van der Waals surface area contributed by atoms with Gasteiger partial charge >= 0.3 is 5.69 Å². The van der Waals surface area contributed by atoms with Crippen LogP contribution < -0.4 is 5.32 Å². The van der Waals surface area contributed by atoms with E-state index in [9.17, 15) is 14.9 Å². The molecule has 0 saturated carbocycles. The van der Waals surface area contributed by atoms with Crippen molar-refractivity contribution < 1.29 is 9.72 Å². The van der Waals surface area contributed by atoms with Gasteiger partial charge in [-0.1, -0.05) is 32.4 Å². The summed E-state index contributed by atoms with van der Waals surface area (Å²) >= 11 is 5.65. The molecule has 0 fully saturated rings. The number of nitrogens with zero attached hydrogens (tertiary/aromatic N) is 2. The van der Waals surface area contributed by atoms with Crippen LogP contribution in [0.25, 0.3) is 0 Å². The fourth-order valence-corrected chi connectivity index (χ4v) is 1.47. The van der Waals surface area contributed by atoms with Crippen molar-refractivity contribution in [2.24, 2.45) is 5.41 Å². The number of aromatic nitrogens is 1. The van der Waals surface area contributed by atoms with Crippen LogP contribution in [-0.4, -0.2) is 15.8 Å². The standard InChI is InChI=1S/C11H14ClN3O3/c1-11(2,3)6-9(16)14-10-7(15(17)18)4-5-8(12)13-10/h4-5H,6H2,1-3H3,(H,13,14,16). The van der Waals surface area contributed by atoms with E-state index in [4.69, 9.17) is 11.6 Å². The van der Waals surface area contributed by atoms with Crippen LogP contribution >= 0.6 is 11.6 Å². The fourth-order valence-electron chi connectivity index (χ4n) is 1.33. The second-order valence-corrected chi connectivity index (χ2v) is 5.43. The smallest absolute Gasteiger partial charge is 0.305 e. The number of rotatable bonds is 3. The minimum atomic E-state index is -0.615. The summed E-state index contributed by atoms with van der Waals surface area (Å²) in [6, 6.07) is 2.52. The molecule has 7 heteroatoms. The number of anilines is 1. The van der Waals surface area contributed by atoms with Crippen molar-refractivity contribution in [3.63, 3.8) is 0 Å². The molecular weight excluding hydrogens is 258 g/mol. The van der Waals surface area contributed by atoms with Crippen molar-refractivity contribution in [3.05, 3.63) is 27.4 Å². The van der Waals surface area contributed by atoms with E-state index in [1.807, 2.05) is 20.8 Å². The third kappa shape index (κ3) is 4.29. The molecule has 0 aliphatic heterocycles. The molecule has 0 aliphatic carbocycles. The van der Waals surface area contributed by atoms with Gasteiger partial charge in [0.15, 0.2) is 0 Å². The third-order valence-corrected chi connectivity index (χ3v) is 2.20. The summed E-state index contributed by atoms with van der Waals surface area (Å²) in [6.07, 6.45) is 0.234. The van der Waals surface area contributed by atoms with Gasteiger partial charge in [0.2, 0.25) is 11.7 Å². The number of hydrogen-bond acceptors (Lipinski definition) is 4. The van der Waals surface area contributed by atoms with Gasteiger partial charge in [-0.25, -0.2) is 4.98 Å². The summed E-state index contributed by atoms with van der Waals surface area (Å²) in [6.45, 7) is 5.69. The summed E-state index contributed by atoms with van der Waals surface area (Å²) in [4.78, 5) is 25.6. The Bertz CT molecular complexity index is 483. The van der Waals surface area contributed by atoms with Gasteiger partial charge in [-0.3, -0.25) is 14.9 Å². The van der Waals surface area contributed by atoms with E-state index in [0.717, 1.165) is 0 Å². The van der Waals surface area contributed by atoms with Crippen molar-refractivity contribution in [1.82, 2.24) is 4.98 Å². The Morgan fingerprint density at radius 1 is 1.50 bits per heavy atom. The molecule has 1 heterocycles. The number of amides is 1. The van der Waals surface area contributed by atoms with Gasteiger partial charge in [0.25, 0.3) is 0 Å². The van der Waals surface area contributed by atoms with Crippen LogP contribution in [0.1, 0.15) is 27.2 Å². The number of pyridine rings is 1. The van der Waals surface area contributed by atoms with Crippen molar-refractivity contribution in [3.8, 4) is 0 Å². The van der Waals surface area contributed by atoms with E-state index in [1.54, 1.807) is 0 Å². The second-order valence-electron chi connectivity index (χ2n) is 5.04. The maximum atomic E-state index is 11.7. The largest absolute Gasteiger partial charge is 0.311 e. The van der Waals surface area contributed by atoms with E-state index in [1.165, 1.54) is 12.1 Å². The normalized spacial score (nSPS) is 11.1. The summed E-state index contributed by atoms with van der Waals surface area (Å²) in [7, 11) is 0. The topological polar surface area (TPSA) is 85.1 Å². The quantitative estimate of drug-likeness (QED) is 0.520.